The Labute approximate surface area is 184 Å². The number of morpholine rings is 1. The lowest BCUT2D eigenvalue weighted by Crippen LogP contribution is -2.52. The van der Waals surface area contributed by atoms with Gasteiger partial charge in [0.05, 0.1) is 12.7 Å². The highest BCUT2D eigenvalue weighted by Gasteiger charge is 2.28. The van der Waals surface area contributed by atoms with Crippen LogP contribution in [0.15, 0.2) is 54.6 Å². The van der Waals surface area contributed by atoms with E-state index in [1.165, 1.54) is 0 Å². The molecule has 166 valence electrons. The zero-order valence-electron chi connectivity index (χ0n) is 18.6. The maximum atomic E-state index is 13.1. The predicted octanol–water partition coefficient (Wildman–Crippen LogP) is 3.40. The summed E-state index contributed by atoms with van der Waals surface area (Å²) in [6.07, 6.45) is -0.220. The molecule has 31 heavy (non-hydrogen) atoms. The summed E-state index contributed by atoms with van der Waals surface area (Å²) in [5, 5.41) is 0. The van der Waals surface area contributed by atoms with Gasteiger partial charge in [0.15, 0.2) is 6.61 Å². The van der Waals surface area contributed by atoms with Gasteiger partial charge in [0.1, 0.15) is 5.75 Å². The molecule has 0 radical (unpaired) electrons. The van der Waals surface area contributed by atoms with Crippen molar-refractivity contribution in [2.24, 2.45) is 5.92 Å². The quantitative estimate of drug-likeness (QED) is 0.652. The van der Waals surface area contributed by atoms with Crippen LogP contribution in [0.25, 0.3) is 0 Å². The Kier molecular flexibility index (Phi) is 8.06. The van der Waals surface area contributed by atoms with Gasteiger partial charge in [0.2, 0.25) is 0 Å². The van der Waals surface area contributed by atoms with E-state index >= 15 is 0 Å². The highest BCUT2D eigenvalue weighted by atomic mass is 16.5. The van der Waals surface area contributed by atoms with Crippen molar-refractivity contribution in [3.63, 3.8) is 0 Å². The minimum absolute atomic E-state index is 0.00522. The van der Waals surface area contributed by atoms with Crippen molar-refractivity contribution in [1.82, 2.24) is 9.80 Å². The van der Waals surface area contributed by atoms with Crippen LogP contribution in [-0.2, 0) is 9.53 Å². The third-order valence-electron chi connectivity index (χ3n) is 5.19. The summed E-state index contributed by atoms with van der Waals surface area (Å²) in [7, 11) is 0. The first-order chi connectivity index (χ1) is 14.9. The molecule has 1 heterocycles. The van der Waals surface area contributed by atoms with Crippen molar-refractivity contribution in [1.29, 1.82) is 0 Å². The number of nitrogens with zero attached hydrogens (tertiary/aromatic N) is 2. The fraction of sp³-hybridized carbons (Fsp3) is 0.440. The van der Waals surface area contributed by atoms with Crippen molar-refractivity contribution in [3.8, 4) is 5.75 Å². The first-order valence-electron chi connectivity index (χ1n) is 10.9. The molecule has 2 aromatic rings. The molecule has 0 spiro atoms. The first kappa shape index (κ1) is 22.8. The second-order valence-corrected chi connectivity index (χ2v) is 8.40. The van der Waals surface area contributed by atoms with E-state index in [4.69, 9.17) is 9.47 Å². The van der Waals surface area contributed by atoms with Gasteiger partial charge < -0.3 is 19.3 Å². The number of hydrogen-bond acceptors (Lipinski definition) is 4. The molecule has 0 aromatic heterocycles. The molecule has 3 rings (SSSR count). The van der Waals surface area contributed by atoms with Gasteiger partial charge in [-0.25, -0.2) is 0 Å². The number of carbonyl (C=O) groups excluding carboxylic acids is 2. The average molecular weight is 425 g/mol. The zero-order chi connectivity index (χ0) is 22.2. The summed E-state index contributed by atoms with van der Waals surface area (Å²) in [5.74, 6) is 0.924. The van der Waals surface area contributed by atoms with Crippen LogP contribution in [0.5, 0.6) is 5.75 Å². The molecular formula is C25H32N2O4. The highest BCUT2D eigenvalue weighted by molar-refractivity contribution is 5.94. The Balaban J connectivity index is 1.59. The summed E-state index contributed by atoms with van der Waals surface area (Å²) < 4.78 is 11.5. The molecule has 1 saturated heterocycles. The van der Waals surface area contributed by atoms with E-state index in [0.29, 0.717) is 50.0 Å². The fourth-order valence-corrected chi connectivity index (χ4v) is 3.62. The molecular weight excluding hydrogens is 392 g/mol. The van der Waals surface area contributed by atoms with Gasteiger partial charge >= 0.3 is 0 Å². The van der Waals surface area contributed by atoms with Crippen LogP contribution in [0.4, 0.5) is 0 Å². The molecule has 1 fully saturated rings. The van der Waals surface area contributed by atoms with Gasteiger partial charge in [-0.1, -0.05) is 49.7 Å². The molecule has 6 nitrogen and oxygen atoms in total. The number of ether oxygens (including phenoxy) is 2. The van der Waals surface area contributed by atoms with Crippen molar-refractivity contribution in [2.75, 3.05) is 39.4 Å². The zero-order valence-corrected chi connectivity index (χ0v) is 18.6. The minimum Gasteiger partial charge on any atom is -0.484 e. The van der Waals surface area contributed by atoms with Gasteiger partial charge in [-0.15, -0.1) is 0 Å². The first-order valence-corrected chi connectivity index (χ1v) is 10.9. The Morgan fingerprint density at radius 2 is 1.84 bits per heavy atom. The number of rotatable bonds is 8. The lowest BCUT2D eigenvalue weighted by Gasteiger charge is -2.36. The van der Waals surface area contributed by atoms with Crippen LogP contribution in [0.2, 0.25) is 0 Å². The Bertz CT molecular complexity index is 852. The van der Waals surface area contributed by atoms with Crippen LogP contribution >= 0.6 is 0 Å². The van der Waals surface area contributed by atoms with E-state index in [1.807, 2.05) is 66.4 Å². The molecule has 2 amide bonds. The molecule has 0 bridgehead atoms. The molecule has 1 aliphatic rings. The molecule has 1 aliphatic heterocycles. The number of para-hydroxylation sites is 1. The fourth-order valence-electron chi connectivity index (χ4n) is 3.62. The van der Waals surface area contributed by atoms with E-state index < -0.39 is 0 Å². The number of carbonyl (C=O) groups is 2. The van der Waals surface area contributed by atoms with Crippen molar-refractivity contribution >= 4 is 11.8 Å². The monoisotopic (exact) mass is 424 g/mol. The number of hydrogen-bond donors (Lipinski definition) is 0. The van der Waals surface area contributed by atoms with Crippen molar-refractivity contribution in [2.45, 2.75) is 26.9 Å². The number of amides is 2. The molecule has 6 heteroatoms. The van der Waals surface area contributed by atoms with Crippen LogP contribution in [0.3, 0.4) is 0 Å². The molecule has 2 aromatic carbocycles. The van der Waals surface area contributed by atoms with Crippen molar-refractivity contribution in [3.05, 3.63) is 65.7 Å². The van der Waals surface area contributed by atoms with Crippen LogP contribution in [-0.4, -0.2) is 67.1 Å². The maximum Gasteiger partial charge on any atom is 0.260 e. The van der Waals surface area contributed by atoms with E-state index in [2.05, 4.69) is 13.8 Å². The predicted molar refractivity (Wildman–Crippen MR) is 120 cm³/mol. The smallest absolute Gasteiger partial charge is 0.260 e. The summed E-state index contributed by atoms with van der Waals surface area (Å²) in [6.45, 7) is 8.71. The van der Waals surface area contributed by atoms with E-state index in [1.54, 1.807) is 4.90 Å². The molecule has 1 unspecified atom stereocenters. The van der Waals surface area contributed by atoms with Crippen LogP contribution in [0.1, 0.15) is 29.8 Å². The average Bonchev–Trinajstić information content (AvgIpc) is 2.77. The number of aryl methyl sites for hydroxylation is 1. The summed E-state index contributed by atoms with van der Waals surface area (Å²) >= 11 is 0. The van der Waals surface area contributed by atoms with Gasteiger partial charge in [-0.05, 0) is 37.1 Å². The Morgan fingerprint density at radius 3 is 2.52 bits per heavy atom. The van der Waals surface area contributed by atoms with E-state index in [0.717, 1.165) is 5.56 Å². The SMILES string of the molecule is Cc1ccc(C(=O)N(CC(C)C)CC2CN(C(=O)COc3ccccc3)CCO2)cc1. The molecule has 0 N–H and O–H groups in total. The van der Waals surface area contributed by atoms with E-state index in [-0.39, 0.29) is 24.5 Å². The van der Waals surface area contributed by atoms with Crippen LogP contribution in [0, 0.1) is 12.8 Å². The van der Waals surface area contributed by atoms with Gasteiger partial charge in [0.25, 0.3) is 11.8 Å². The lowest BCUT2D eigenvalue weighted by atomic mass is 10.1. The highest BCUT2D eigenvalue weighted by Crippen LogP contribution is 2.14. The summed E-state index contributed by atoms with van der Waals surface area (Å²) in [4.78, 5) is 29.3. The third kappa shape index (κ3) is 6.82. The minimum atomic E-state index is -0.220. The maximum absolute atomic E-state index is 13.1. The standard InChI is InChI=1S/C25H32N2O4/c1-19(2)15-27(25(29)21-11-9-20(3)10-12-21)17-23-16-26(13-14-30-23)24(28)18-31-22-7-5-4-6-8-22/h4-12,19,23H,13-18H2,1-3H3. The van der Waals surface area contributed by atoms with Gasteiger partial charge in [-0.2, -0.15) is 0 Å². The lowest BCUT2D eigenvalue weighted by molar-refractivity contribution is -0.141. The van der Waals surface area contributed by atoms with Gasteiger partial charge in [0, 0.05) is 31.7 Å². The number of benzene rings is 2. The van der Waals surface area contributed by atoms with Crippen molar-refractivity contribution < 1.29 is 19.1 Å². The molecule has 1 atom stereocenters. The Hall–Kier alpha value is -2.86. The molecule has 0 aliphatic carbocycles. The second-order valence-electron chi connectivity index (χ2n) is 8.40. The summed E-state index contributed by atoms with van der Waals surface area (Å²) in [6, 6.07) is 16.9. The molecule has 0 saturated carbocycles. The van der Waals surface area contributed by atoms with Gasteiger partial charge in [-0.3, -0.25) is 9.59 Å². The normalized spacial score (nSPS) is 16.3. The Morgan fingerprint density at radius 1 is 1.13 bits per heavy atom. The van der Waals surface area contributed by atoms with Crippen LogP contribution < -0.4 is 4.74 Å². The summed E-state index contributed by atoms with van der Waals surface area (Å²) in [5.41, 5.74) is 1.79. The topological polar surface area (TPSA) is 59.1 Å². The second kappa shape index (κ2) is 11.0. The third-order valence-corrected chi connectivity index (χ3v) is 5.19. The largest absolute Gasteiger partial charge is 0.484 e. The van der Waals surface area contributed by atoms with E-state index in [9.17, 15) is 9.59 Å².